The normalized spacial score (nSPS) is 16.2. The van der Waals surface area contributed by atoms with Gasteiger partial charge in [-0.05, 0) is 20.8 Å². The van der Waals surface area contributed by atoms with Gasteiger partial charge in [0.15, 0.2) is 6.29 Å². The fourth-order valence-corrected chi connectivity index (χ4v) is 1.43. The summed E-state index contributed by atoms with van der Waals surface area (Å²) < 4.78 is 10.9. The number of ether oxygens (including phenoxy) is 2. The molecule has 0 N–H and O–H groups in total. The summed E-state index contributed by atoms with van der Waals surface area (Å²) in [4.78, 5) is 0. The van der Waals surface area contributed by atoms with E-state index in [0.29, 0.717) is 13.2 Å². The van der Waals surface area contributed by atoms with Gasteiger partial charge in [-0.15, -0.1) is 0 Å². The summed E-state index contributed by atoms with van der Waals surface area (Å²) in [6.45, 7) is 7.45. The first-order valence-electron chi connectivity index (χ1n) is 4.53. The molecule has 0 bridgehead atoms. The first-order chi connectivity index (χ1) is 6.05. The molecule has 0 aromatic carbocycles. The van der Waals surface area contributed by atoms with Crippen LogP contribution >= 0.6 is 31.9 Å². The van der Waals surface area contributed by atoms with Gasteiger partial charge in [-0.2, -0.15) is 0 Å². The lowest BCUT2D eigenvalue weighted by Crippen LogP contribution is -2.29. The molecular weight excluding hydrogens is 300 g/mol. The Labute approximate surface area is 97.6 Å². The number of hydrogen-bond donors (Lipinski definition) is 0. The highest BCUT2D eigenvalue weighted by molar-refractivity contribution is 9.12. The molecule has 0 amide bonds. The third-order valence-corrected chi connectivity index (χ3v) is 4.17. The van der Waals surface area contributed by atoms with Gasteiger partial charge in [0.2, 0.25) is 0 Å². The maximum atomic E-state index is 5.45. The Hall–Kier alpha value is 0.880. The molecular formula is C9H18Br2O2. The van der Waals surface area contributed by atoms with Gasteiger partial charge >= 0.3 is 0 Å². The molecule has 0 aromatic heterocycles. The Morgan fingerprint density at radius 2 is 1.69 bits per heavy atom. The van der Waals surface area contributed by atoms with E-state index < -0.39 is 0 Å². The number of alkyl halides is 2. The van der Waals surface area contributed by atoms with Crippen LogP contribution in [0.15, 0.2) is 0 Å². The molecule has 0 spiro atoms. The molecule has 2 nitrogen and oxygen atoms in total. The van der Waals surface area contributed by atoms with Gasteiger partial charge in [0, 0.05) is 29.3 Å². The van der Waals surface area contributed by atoms with Crippen molar-refractivity contribution in [2.75, 3.05) is 18.5 Å². The van der Waals surface area contributed by atoms with Crippen LogP contribution in [-0.2, 0) is 9.47 Å². The molecule has 80 valence electrons. The summed E-state index contributed by atoms with van der Waals surface area (Å²) >= 11 is 7.06. The maximum absolute atomic E-state index is 5.45. The van der Waals surface area contributed by atoms with Gasteiger partial charge in [-0.1, -0.05) is 31.9 Å². The minimum absolute atomic E-state index is 0.0437. The predicted octanol–water partition coefficient (Wildman–Crippen LogP) is 3.32. The van der Waals surface area contributed by atoms with Crippen LogP contribution in [0.25, 0.3) is 0 Å². The van der Waals surface area contributed by atoms with Gasteiger partial charge in [0.25, 0.3) is 0 Å². The summed E-state index contributed by atoms with van der Waals surface area (Å²) in [6, 6.07) is 0. The zero-order chi connectivity index (χ0) is 10.3. The second-order valence-electron chi connectivity index (χ2n) is 3.09. The van der Waals surface area contributed by atoms with Gasteiger partial charge in [0.1, 0.15) is 0 Å². The zero-order valence-electron chi connectivity index (χ0n) is 8.48. The fraction of sp³-hybridized carbons (Fsp3) is 1.00. The Balaban J connectivity index is 3.92. The van der Waals surface area contributed by atoms with Crippen LogP contribution in [0.3, 0.4) is 0 Å². The molecule has 0 heterocycles. The smallest absolute Gasteiger partial charge is 0.158 e. The Bertz CT molecular complexity index is 123. The number of rotatable bonds is 7. The van der Waals surface area contributed by atoms with Crippen molar-refractivity contribution >= 4 is 31.9 Å². The van der Waals surface area contributed by atoms with Crippen LogP contribution in [-0.4, -0.2) is 29.2 Å². The molecule has 0 aliphatic carbocycles. The minimum atomic E-state index is -0.100. The summed E-state index contributed by atoms with van der Waals surface area (Å²) in [5.74, 6) is 0. The molecule has 0 fully saturated rings. The second kappa shape index (κ2) is 7.21. The Kier molecular flexibility index (Phi) is 7.70. The first kappa shape index (κ1) is 13.9. The van der Waals surface area contributed by atoms with Gasteiger partial charge in [-0.3, -0.25) is 0 Å². The monoisotopic (exact) mass is 316 g/mol. The van der Waals surface area contributed by atoms with Crippen LogP contribution in [0.2, 0.25) is 0 Å². The van der Waals surface area contributed by atoms with E-state index in [4.69, 9.17) is 9.47 Å². The van der Waals surface area contributed by atoms with Crippen molar-refractivity contribution in [1.29, 1.82) is 0 Å². The van der Waals surface area contributed by atoms with Gasteiger partial charge in [0.05, 0.1) is 0 Å². The van der Waals surface area contributed by atoms with Crippen molar-refractivity contribution in [2.45, 2.75) is 37.8 Å². The molecule has 1 atom stereocenters. The predicted molar refractivity (Wildman–Crippen MR) is 62.8 cm³/mol. The fourth-order valence-electron chi connectivity index (χ4n) is 0.940. The molecule has 0 saturated carbocycles. The number of hydrogen-bond acceptors (Lipinski definition) is 2. The molecule has 0 radical (unpaired) electrons. The topological polar surface area (TPSA) is 18.5 Å². The van der Waals surface area contributed by atoms with E-state index in [2.05, 4.69) is 38.8 Å². The van der Waals surface area contributed by atoms with E-state index >= 15 is 0 Å². The van der Waals surface area contributed by atoms with E-state index in [0.717, 1.165) is 11.8 Å². The molecule has 0 aromatic rings. The Morgan fingerprint density at radius 3 is 2.00 bits per heavy atom. The van der Waals surface area contributed by atoms with E-state index in [-0.39, 0.29) is 10.6 Å². The average Bonchev–Trinajstić information content (AvgIpc) is 2.05. The van der Waals surface area contributed by atoms with Crippen LogP contribution in [0.1, 0.15) is 27.2 Å². The van der Waals surface area contributed by atoms with E-state index in [1.807, 2.05) is 13.8 Å². The first-order valence-corrected chi connectivity index (χ1v) is 6.45. The lowest BCUT2D eigenvalue weighted by Gasteiger charge is -2.25. The molecule has 1 unspecified atom stereocenters. The summed E-state index contributed by atoms with van der Waals surface area (Å²) in [5, 5.41) is 0.886. The summed E-state index contributed by atoms with van der Waals surface area (Å²) in [5.41, 5.74) is 0. The minimum Gasteiger partial charge on any atom is -0.353 e. The lowest BCUT2D eigenvalue weighted by molar-refractivity contribution is -0.141. The van der Waals surface area contributed by atoms with Crippen LogP contribution in [0.4, 0.5) is 0 Å². The standard InChI is InChI=1S/C9H18Br2O2/c1-4-12-8(13-5-2)6-9(3,11)7-10/h8H,4-7H2,1-3H3. The van der Waals surface area contributed by atoms with E-state index in [9.17, 15) is 0 Å². The highest BCUT2D eigenvalue weighted by Gasteiger charge is 2.24. The third kappa shape index (κ3) is 6.89. The Morgan fingerprint density at radius 1 is 1.23 bits per heavy atom. The number of halogens is 2. The van der Waals surface area contributed by atoms with Crippen molar-refractivity contribution in [2.24, 2.45) is 0 Å². The molecule has 4 heteroatoms. The highest BCUT2D eigenvalue weighted by atomic mass is 79.9. The van der Waals surface area contributed by atoms with E-state index in [1.54, 1.807) is 0 Å². The molecule has 0 aliphatic rings. The largest absolute Gasteiger partial charge is 0.353 e. The van der Waals surface area contributed by atoms with Crippen molar-refractivity contribution < 1.29 is 9.47 Å². The average molecular weight is 318 g/mol. The quantitative estimate of drug-likeness (QED) is 0.530. The van der Waals surface area contributed by atoms with Crippen LogP contribution in [0, 0.1) is 0 Å². The maximum Gasteiger partial charge on any atom is 0.158 e. The molecule has 0 saturated heterocycles. The van der Waals surface area contributed by atoms with Crippen LogP contribution < -0.4 is 0 Å². The summed E-state index contributed by atoms with van der Waals surface area (Å²) in [6.07, 6.45) is 0.747. The van der Waals surface area contributed by atoms with Crippen molar-refractivity contribution in [1.82, 2.24) is 0 Å². The van der Waals surface area contributed by atoms with Gasteiger partial charge in [-0.25, -0.2) is 0 Å². The van der Waals surface area contributed by atoms with Crippen LogP contribution in [0.5, 0.6) is 0 Å². The molecule has 13 heavy (non-hydrogen) atoms. The van der Waals surface area contributed by atoms with Crippen molar-refractivity contribution in [3.05, 3.63) is 0 Å². The lowest BCUT2D eigenvalue weighted by atomic mass is 10.1. The summed E-state index contributed by atoms with van der Waals surface area (Å²) in [7, 11) is 0. The zero-order valence-corrected chi connectivity index (χ0v) is 11.7. The van der Waals surface area contributed by atoms with Crippen molar-refractivity contribution in [3.8, 4) is 0 Å². The third-order valence-electron chi connectivity index (χ3n) is 1.58. The van der Waals surface area contributed by atoms with Gasteiger partial charge < -0.3 is 9.47 Å². The second-order valence-corrected chi connectivity index (χ2v) is 5.57. The van der Waals surface area contributed by atoms with Crippen molar-refractivity contribution in [3.63, 3.8) is 0 Å². The highest BCUT2D eigenvalue weighted by Crippen LogP contribution is 2.27. The SMILES string of the molecule is CCOC(CC(C)(Br)CBr)OCC. The van der Waals surface area contributed by atoms with E-state index in [1.165, 1.54) is 0 Å². The molecule has 0 aliphatic heterocycles. The molecule has 0 rings (SSSR count).